The maximum atomic E-state index is 11.0. The van der Waals surface area contributed by atoms with Gasteiger partial charge in [-0.05, 0) is 6.92 Å². The molecule has 0 atom stereocenters. The zero-order valence-electron chi connectivity index (χ0n) is 6.53. The predicted octanol–water partition coefficient (Wildman–Crippen LogP) is 0.137. The van der Waals surface area contributed by atoms with Crippen LogP contribution >= 0.6 is 0 Å². The molecule has 0 spiro atoms. The van der Waals surface area contributed by atoms with Crippen molar-refractivity contribution >= 4 is 12.0 Å². The average Bonchev–Trinajstić information content (AvgIpc) is 2.52. The minimum absolute atomic E-state index is 0.0815. The van der Waals surface area contributed by atoms with Crippen molar-refractivity contribution in [3.8, 4) is 0 Å². The SMILES string of the molecule is CCOC(=O)c1coc(NN)n1. The smallest absolute Gasteiger partial charge is 0.360 e. The van der Waals surface area contributed by atoms with Gasteiger partial charge in [0.15, 0.2) is 5.69 Å². The first-order valence-corrected chi connectivity index (χ1v) is 3.37. The van der Waals surface area contributed by atoms with Crippen molar-refractivity contribution in [2.45, 2.75) is 6.92 Å². The monoisotopic (exact) mass is 171 g/mol. The molecular formula is C6H9N3O3. The lowest BCUT2D eigenvalue weighted by Gasteiger charge is -1.94. The summed E-state index contributed by atoms with van der Waals surface area (Å²) >= 11 is 0. The zero-order chi connectivity index (χ0) is 8.97. The topological polar surface area (TPSA) is 90.4 Å². The Morgan fingerprint density at radius 2 is 2.67 bits per heavy atom. The molecule has 1 heterocycles. The fourth-order valence-corrected chi connectivity index (χ4v) is 0.639. The summed E-state index contributed by atoms with van der Waals surface area (Å²) in [6.45, 7) is 2.01. The number of ether oxygens (including phenoxy) is 1. The van der Waals surface area contributed by atoms with Crippen molar-refractivity contribution in [2.24, 2.45) is 5.84 Å². The van der Waals surface area contributed by atoms with Crippen molar-refractivity contribution in [1.82, 2.24) is 4.98 Å². The lowest BCUT2D eigenvalue weighted by molar-refractivity contribution is 0.0519. The molecule has 0 aliphatic heterocycles. The van der Waals surface area contributed by atoms with Crippen LogP contribution in [0.15, 0.2) is 10.7 Å². The summed E-state index contributed by atoms with van der Waals surface area (Å²) in [7, 11) is 0. The number of nitrogens with one attached hydrogen (secondary N) is 1. The van der Waals surface area contributed by atoms with Crippen LogP contribution in [0, 0.1) is 0 Å². The summed E-state index contributed by atoms with van der Waals surface area (Å²) in [4.78, 5) is 14.6. The number of nitrogens with zero attached hydrogens (tertiary/aromatic N) is 1. The molecule has 6 nitrogen and oxygen atoms in total. The molecule has 6 heteroatoms. The second-order valence-corrected chi connectivity index (χ2v) is 1.90. The molecular weight excluding hydrogens is 162 g/mol. The number of hydrogen-bond donors (Lipinski definition) is 2. The summed E-state index contributed by atoms with van der Waals surface area (Å²) < 4.78 is 9.39. The maximum Gasteiger partial charge on any atom is 0.360 e. The quantitative estimate of drug-likeness (QED) is 0.382. The minimum Gasteiger partial charge on any atom is -0.461 e. The summed E-state index contributed by atoms with van der Waals surface area (Å²) in [5.41, 5.74) is 2.26. The summed E-state index contributed by atoms with van der Waals surface area (Å²) in [6.07, 6.45) is 1.17. The van der Waals surface area contributed by atoms with Crippen LogP contribution in [0.2, 0.25) is 0 Å². The molecule has 1 aromatic rings. The van der Waals surface area contributed by atoms with Crippen LogP contribution in [0.3, 0.4) is 0 Å². The average molecular weight is 171 g/mol. The number of oxazole rings is 1. The summed E-state index contributed by atoms with van der Waals surface area (Å²) in [5, 5.41) is 0. The van der Waals surface area contributed by atoms with Crippen LogP contribution in [-0.2, 0) is 4.74 Å². The van der Waals surface area contributed by atoms with Gasteiger partial charge in [-0.2, -0.15) is 4.98 Å². The van der Waals surface area contributed by atoms with E-state index in [4.69, 9.17) is 10.3 Å². The lowest BCUT2D eigenvalue weighted by Crippen LogP contribution is -2.08. The zero-order valence-corrected chi connectivity index (χ0v) is 6.53. The van der Waals surface area contributed by atoms with Crippen molar-refractivity contribution < 1.29 is 13.9 Å². The maximum absolute atomic E-state index is 11.0. The van der Waals surface area contributed by atoms with Crippen molar-refractivity contribution in [1.29, 1.82) is 0 Å². The Morgan fingerprint density at radius 1 is 1.92 bits per heavy atom. The Kier molecular flexibility index (Phi) is 2.65. The van der Waals surface area contributed by atoms with Crippen molar-refractivity contribution in [3.05, 3.63) is 12.0 Å². The third-order valence-corrected chi connectivity index (χ3v) is 1.11. The van der Waals surface area contributed by atoms with Crippen molar-refractivity contribution in [3.63, 3.8) is 0 Å². The first-order chi connectivity index (χ1) is 5.77. The number of hydrogen-bond acceptors (Lipinski definition) is 6. The molecule has 0 radical (unpaired) electrons. The molecule has 3 N–H and O–H groups in total. The Bertz CT molecular complexity index is 271. The largest absolute Gasteiger partial charge is 0.461 e. The molecule has 12 heavy (non-hydrogen) atoms. The molecule has 0 saturated carbocycles. The fourth-order valence-electron chi connectivity index (χ4n) is 0.639. The van der Waals surface area contributed by atoms with Crippen LogP contribution in [0.25, 0.3) is 0 Å². The molecule has 66 valence electrons. The molecule has 0 bridgehead atoms. The predicted molar refractivity (Wildman–Crippen MR) is 40.3 cm³/mol. The fraction of sp³-hybridized carbons (Fsp3) is 0.333. The molecule has 0 amide bonds. The van der Waals surface area contributed by atoms with Gasteiger partial charge in [-0.25, -0.2) is 10.6 Å². The first-order valence-electron chi connectivity index (χ1n) is 3.37. The third kappa shape index (κ3) is 1.73. The number of nitrogen functional groups attached to an aromatic ring is 1. The third-order valence-electron chi connectivity index (χ3n) is 1.11. The molecule has 0 fully saturated rings. The number of carbonyl (C=O) groups is 1. The normalized spacial score (nSPS) is 9.50. The van der Waals surface area contributed by atoms with Crippen LogP contribution in [0.4, 0.5) is 6.01 Å². The van der Waals surface area contributed by atoms with E-state index in [1.807, 2.05) is 0 Å². The van der Waals surface area contributed by atoms with Gasteiger partial charge in [-0.1, -0.05) is 0 Å². The van der Waals surface area contributed by atoms with Gasteiger partial charge in [0.1, 0.15) is 6.26 Å². The highest BCUT2D eigenvalue weighted by atomic mass is 16.5. The number of rotatable bonds is 3. The Morgan fingerprint density at radius 3 is 3.17 bits per heavy atom. The number of aromatic nitrogens is 1. The van der Waals surface area contributed by atoms with E-state index in [9.17, 15) is 4.79 Å². The molecule has 1 aromatic heterocycles. The van der Waals surface area contributed by atoms with Gasteiger partial charge in [0.2, 0.25) is 0 Å². The molecule has 1 rings (SSSR count). The Balaban J connectivity index is 2.68. The molecule has 0 saturated heterocycles. The van der Waals surface area contributed by atoms with Gasteiger partial charge < -0.3 is 9.15 Å². The van der Waals surface area contributed by atoms with Gasteiger partial charge in [0.05, 0.1) is 6.61 Å². The van der Waals surface area contributed by atoms with E-state index in [0.717, 1.165) is 0 Å². The second-order valence-electron chi connectivity index (χ2n) is 1.90. The molecule has 0 unspecified atom stereocenters. The number of nitrogens with two attached hydrogens (primary N) is 1. The van der Waals surface area contributed by atoms with E-state index in [2.05, 4.69) is 15.1 Å². The van der Waals surface area contributed by atoms with Gasteiger partial charge in [0.25, 0.3) is 0 Å². The highest BCUT2D eigenvalue weighted by molar-refractivity contribution is 5.87. The van der Waals surface area contributed by atoms with Crippen LogP contribution in [0.5, 0.6) is 0 Å². The van der Waals surface area contributed by atoms with E-state index >= 15 is 0 Å². The van der Waals surface area contributed by atoms with Gasteiger partial charge in [0, 0.05) is 0 Å². The highest BCUT2D eigenvalue weighted by Gasteiger charge is 2.11. The van der Waals surface area contributed by atoms with Gasteiger partial charge in [-0.15, -0.1) is 0 Å². The summed E-state index contributed by atoms with van der Waals surface area (Å²) in [5.74, 6) is 4.45. The van der Waals surface area contributed by atoms with E-state index in [1.165, 1.54) is 6.26 Å². The number of carbonyl (C=O) groups excluding carboxylic acids is 1. The number of hydrazine groups is 1. The van der Waals surface area contributed by atoms with E-state index in [-0.39, 0.29) is 11.7 Å². The van der Waals surface area contributed by atoms with Crippen LogP contribution < -0.4 is 11.3 Å². The molecule has 0 aliphatic carbocycles. The second kappa shape index (κ2) is 3.72. The highest BCUT2D eigenvalue weighted by Crippen LogP contribution is 2.06. The number of anilines is 1. The van der Waals surface area contributed by atoms with Gasteiger partial charge in [-0.3, -0.25) is 5.43 Å². The molecule has 0 aromatic carbocycles. The van der Waals surface area contributed by atoms with E-state index in [0.29, 0.717) is 6.61 Å². The van der Waals surface area contributed by atoms with E-state index < -0.39 is 5.97 Å². The van der Waals surface area contributed by atoms with Gasteiger partial charge >= 0.3 is 12.0 Å². The standard InChI is InChI=1S/C6H9N3O3/c1-2-11-5(10)4-3-12-6(8-4)9-7/h3H,2,7H2,1H3,(H,8,9). The van der Waals surface area contributed by atoms with Crippen LogP contribution in [0.1, 0.15) is 17.4 Å². The van der Waals surface area contributed by atoms with Crippen molar-refractivity contribution in [2.75, 3.05) is 12.0 Å². The lowest BCUT2D eigenvalue weighted by atomic mass is 10.5. The Hall–Kier alpha value is -1.56. The Labute approximate surface area is 68.7 Å². The first kappa shape index (κ1) is 8.54. The molecule has 0 aliphatic rings. The minimum atomic E-state index is -0.525. The van der Waals surface area contributed by atoms with E-state index in [1.54, 1.807) is 6.92 Å². The number of esters is 1. The summed E-state index contributed by atoms with van der Waals surface area (Å²) in [6, 6.07) is 0.0815. The van der Waals surface area contributed by atoms with Crippen LogP contribution in [-0.4, -0.2) is 17.6 Å².